The standard InChI is InChI=1S/C9H19N5/c1-6(2)5-14(7-3-4-7)9(12)13-8(10)11/h6-7H,3-5H2,1-2H3,(H5,10,11,12,13). The number of nitrogens with zero attached hydrogens (tertiary/aromatic N) is 2. The maximum atomic E-state index is 7.05. The van der Waals surface area contributed by atoms with E-state index in [1.165, 1.54) is 12.8 Å². The van der Waals surface area contributed by atoms with Crippen molar-refractivity contribution < 1.29 is 0 Å². The number of hydrogen-bond acceptors (Lipinski definition) is 1. The minimum absolute atomic E-state index is 0.225. The third-order valence-corrected chi connectivity index (χ3v) is 2.08. The molecule has 0 bridgehead atoms. The molecule has 5 N–H and O–H groups in total. The van der Waals surface area contributed by atoms with Crippen molar-refractivity contribution in [1.29, 1.82) is 5.41 Å². The Labute approximate surface area is 84.7 Å². The molecular weight excluding hydrogens is 178 g/mol. The molecule has 1 saturated carbocycles. The first-order valence-corrected chi connectivity index (χ1v) is 4.95. The Morgan fingerprint density at radius 2 is 2.07 bits per heavy atom. The zero-order chi connectivity index (χ0) is 10.7. The smallest absolute Gasteiger partial charge is 0.215 e. The van der Waals surface area contributed by atoms with Crippen molar-refractivity contribution in [3.8, 4) is 0 Å². The van der Waals surface area contributed by atoms with E-state index in [9.17, 15) is 0 Å². The van der Waals surface area contributed by atoms with E-state index < -0.39 is 0 Å². The second kappa shape index (κ2) is 4.30. The lowest BCUT2D eigenvalue weighted by atomic mass is 10.2. The summed E-state index contributed by atoms with van der Waals surface area (Å²) in [5.41, 5.74) is 10.9. The number of nitrogens with one attached hydrogen (secondary N) is 1. The predicted octanol–water partition coefficient (Wildman–Crippen LogP) is 0.315. The number of guanidine groups is 2. The number of aliphatic imine (C=N–C) groups is 1. The molecule has 5 heteroatoms. The highest BCUT2D eigenvalue weighted by Crippen LogP contribution is 2.27. The van der Waals surface area contributed by atoms with Crippen LogP contribution in [0.3, 0.4) is 0 Å². The summed E-state index contributed by atoms with van der Waals surface area (Å²) in [5.74, 6) is 0.696. The first-order valence-electron chi connectivity index (χ1n) is 4.95. The topological polar surface area (TPSA) is 91.5 Å². The van der Waals surface area contributed by atoms with Crippen LogP contribution in [0, 0.1) is 11.3 Å². The molecule has 0 radical (unpaired) electrons. The van der Waals surface area contributed by atoms with E-state index >= 15 is 0 Å². The SMILES string of the molecule is CC(C)CN(/C(N)=N/C(=N)N)C1CC1. The lowest BCUT2D eigenvalue weighted by Gasteiger charge is -2.24. The van der Waals surface area contributed by atoms with E-state index in [0.717, 1.165) is 6.54 Å². The van der Waals surface area contributed by atoms with E-state index in [1.807, 2.05) is 4.90 Å². The summed E-state index contributed by atoms with van der Waals surface area (Å²) >= 11 is 0. The minimum Gasteiger partial charge on any atom is -0.369 e. The van der Waals surface area contributed by atoms with Gasteiger partial charge in [-0.15, -0.1) is 0 Å². The molecule has 0 aromatic heterocycles. The normalized spacial score (nSPS) is 17.2. The molecule has 0 aromatic carbocycles. The molecule has 80 valence electrons. The molecule has 0 atom stereocenters. The Morgan fingerprint density at radius 1 is 1.50 bits per heavy atom. The zero-order valence-electron chi connectivity index (χ0n) is 8.83. The van der Waals surface area contributed by atoms with Gasteiger partial charge in [0.2, 0.25) is 5.96 Å². The molecule has 1 aliphatic carbocycles. The Hall–Kier alpha value is -1.26. The lowest BCUT2D eigenvalue weighted by molar-refractivity contribution is 0.354. The van der Waals surface area contributed by atoms with Crippen LogP contribution in [-0.4, -0.2) is 29.4 Å². The van der Waals surface area contributed by atoms with Crippen LogP contribution >= 0.6 is 0 Å². The van der Waals surface area contributed by atoms with E-state index in [4.69, 9.17) is 16.9 Å². The van der Waals surface area contributed by atoms with Crippen LogP contribution in [0.25, 0.3) is 0 Å². The van der Waals surface area contributed by atoms with Crippen molar-refractivity contribution in [2.24, 2.45) is 22.4 Å². The summed E-state index contributed by atoms with van der Waals surface area (Å²) in [6.07, 6.45) is 2.34. The highest BCUT2D eigenvalue weighted by Gasteiger charge is 2.30. The van der Waals surface area contributed by atoms with Crippen LogP contribution in [0.15, 0.2) is 4.99 Å². The highest BCUT2D eigenvalue weighted by molar-refractivity contribution is 5.92. The maximum absolute atomic E-state index is 7.05. The molecule has 1 rings (SSSR count). The minimum atomic E-state index is -0.225. The molecule has 0 aromatic rings. The molecule has 1 aliphatic rings. The van der Waals surface area contributed by atoms with Crippen molar-refractivity contribution in [3.05, 3.63) is 0 Å². The zero-order valence-corrected chi connectivity index (χ0v) is 8.83. The van der Waals surface area contributed by atoms with Crippen molar-refractivity contribution in [2.75, 3.05) is 6.54 Å². The summed E-state index contributed by atoms with van der Waals surface area (Å²) in [5, 5.41) is 7.05. The first kappa shape index (κ1) is 10.8. The van der Waals surface area contributed by atoms with Crippen LogP contribution < -0.4 is 11.5 Å². The van der Waals surface area contributed by atoms with Gasteiger partial charge in [-0.2, -0.15) is 4.99 Å². The van der Waals surface area contributed by atoms with Crippen LogP contribution in [0.5, 0.6) is 0 Å². The van der Waals surface area contributed by atoms with Gasteiger partial charge in [-0.1, -0.05) is 13.8 Å². The van der Waals surface area contributed by atoms with E-state index in [1.54, 1.807) is 0 Å². The largest absolute Gasteiger partial charge is 0.369 e. The van der Waals surface area contributed by atoms with Gasteiger partial charge in [-0.05, 0) is 18.8 Å². The Balaban J connectivity index is 2.61. The summed E-state index contributed by atoms with van der Waals surface area (Å²) < 4.78 is 0. The van der Waals surface area contributed by atoms with E-state index in [-0.39, 0.29) is 5.96 Å². The van der Waals surface area contributed by atoms with Crippen LogP contribution in [0.2, 0.25) is 0 Å². The number of rotatable bonds is 3. The Kier molecular flexibility index (Phi) is 3.33. The fraction of sp³-hybridized carbons (Fsp3) is 0.778. The van der Waals surface area contributed by atoms with Gasteiger partial charge in [0.05, 0.1) is 0 Å². The first-order chi connectivity index (χ1) is 6.50. The molecule has 0 saturated heterocycles. The van der Waals surface area contributed by atoms with Crippen molar-refractivity contribution >= 4 is 11.9 Å². The molecule has 1 fully saturated rings. The molecule has 5 nitrogen and oxygen atoms in total. The maximum Gasteiger partial charge on any atom is 0.215 e. The Morgan fingerprint density at radius 3 is 2.43 bits per heavy atom. The molecule has 0 unspecified atom stereocenters. The van der Waals surface area contributed by atoms with Crippen molar-refractivity contribution in [3.63, 3.8) is 0 Å². The fourth-order valence-electron chi connectivity index (χ4n) is 1.40. The second-order valence-electron chi connectivity index (χ2n) is 4.13. The van der Waals surface area contributed by atoms with Gasteiger partial charge in [0.15, 0.2) is 5.96 Å². The monoisotopic (exact) mass is 197 g/mol. The van der Waals surface area contributed by atoms with Crippen molar-refractivity contribution in [1.82, 2.24) is 4.90 Å². The average molecular weight is 197 g/mol. The van der Waals surface area contributed by atoms with Gasteiger partial charge in [-0.3, -0.25) is 5.41 Å². The van der Waals surface area contributed by atoms with Gasteiger partial charge in [0.25, 0.3) is 0 Å². The van der Waals surface area contributed by atoms with Gasteiger partial charge in [0.1, 0.15) is 0 Å². The molecule has 14 heavy (non-hydrogen) atoms. The van der Waals surface area contributed by atoms with Crippen LogP contribution in [-0.2, 0) is 0 Å². The molecular formula is C9H19N5. The lowest BCUT2D eigenvalue weighted by Crippen LogP contribution is -2.42. The second-order valence-corrected chi connectivity index (χ2v) is 4.13. The van der Waals surface area contributed by atoms with Crippen LogP contribution in [0.4, 0.5) is 0 Å². The van der Waals surface area contributed by atoms with Gasteiger partial charge < -0.3 is 16.4 Å². The number of hydrogen-bond donors (Lipinski definition) is 3. The van der Waals surface area contributed by atoms with E-state index in [2.05, 4.69) is 18.8 Å². The summed E-state index contributed by atoms with van der Waals surface area (Å²) in [6, 6.07) is 0.514. The van der Waals surface area contributed by atoms with Crippen molar-refractivity contribution in [2.45, 2.75) is 32.7 Å². The van der Waals surface area contributed by atoms with Gasteiger partial charge in [-0.25, -0.2) is 0 Å². The summed E-state index contributed by atoms with van der Waals surface area (Å²) in [7, 11) is 0. The fourth-order valence-corrected chi connectivity index (χ4v) is 1.40. The van der Waals surface area contributed by atoms with E-state index in [0.29, 0.717) is 17.9 Å². The highest BCUT2D eigenvalue weighted by atomic mass is 15.3. The molecule has 0 heterocycles. The summed E-state index contributed by atoms with van der Waals surface area (Å²) in [4.78, 5) is 5.82. The third kappa shape index (κ3) is 3.24. The van der Waals surface area contributed by atoms with Crippen LogP contribution in [0.1, 0.15) is 26.7 Å². The summed E-state index contributed by atoms with van der Waals surface area (Å²) in [6.45, 7) is 5.15. The molecule has 0 spiro atoms. The predicted molar refractivity (Wildman–Crippen MR) is 58.1 cm³/mol. The third-order valence-electron chi connectivity index (χ3n) is 2.08. The molecule has 0 aliphatic heterocycles. The number of nitrogens with two attached hydrogens (primary N) is 2. The Bertz CT molecular complexity index is 242. The average Bonchev–Trinajstić information content (AvgIpc) is 2.80. The van der Waals surface area contributed by atoms with Gasteiger partial charge >= 0.3 is 0 Å². The quantitative estimate of drug-likeness (QED) is 0.449. The molecule has 0 amide bonds. The van der Waals surface area contributed by atoms with Gasteiger partial charge in [0, 0.05) is 12.6 Å².